The molecule has 232 valence electrons. The Morgan fingerprint density at radius 2 is 1.56 bits per heavy atom. The van der Waals surface area contributed by atoms with Crippen LogP contribution in [0.25, 0.3) is 11.0 Å². The van der Waals surface area contributed by atoms with Gasteiger partial charge in [0.1, 0.15) is 12.7 Å². The molecule has 0 bridgehead atoms. The highest BCUT2D eigenvalue weighted by molar-refractivity contribution is 7.80. The van der Waals surface area contributed by atoms with Crippen molar-refractivity contribution in [2.45, 2.75) is 65.3 Å². The van der Waals surface area contributed by atoms with Crippen LogP contribution in [-0.2, 0) is 42.9 Å². The van der Waals surface area contributed by atoms with Crippen LogP contribution in [-0.4, -0.2) is 79.1 Å². The number of carbonyl (C=O) groups excluding carboxylic acids is 4. The average Bonchev–Trinajstić information content (AvgIpc) is 2.92. The van der Waals surface area contributed by atoms with Crippen molar-refractivity contribution in [3.8, 4) is 5.75 Å². The lowest BCUT2D eigenvalue weighted by atomic mass is 9.97. The Labute approximate surface area is 250 Å². The summed E-state index contributed by atoms with van der Waals surface area (Å²) in [4.78, 5) is 60.0. The van der Waals surface area contributed by atoms with E-state index in [1.54, 1.807) is 31.2 Å². The first-order valence-corrected chi connectivity index (χ1v) is 13.2. The van der Waals surface area contributed by atoms with Gasteiger partial charge in [-0.05, 0) is 31.3 Å². The maximum Gasteiger partial charge on any atom is 0.345 e. The van der Waals surface area contributed by atoms with Crippen LogP contribution in [0.4, 0.5) is 0 Å². The standard InChI is InChI=1S/C27H31N3O12S/c1-12(18-10-17-8-7-9-19(36-6)21(17)42-26(18)35)29-30-27(43)28-25-24(40-16(5)34)23(39-15(4)33)22(38-14(3)32)20(41-25)11-37-13(2)31/h7-10,20,22-25H,11H2,1-6H3,(H2,28,30,43)/b29-12+/t20-,22-,23+,24-,25-/m1/s1. The lowest BCUT2D eigenvalue weighted by Crippen LogP contribution is -2.66. The van der Waals surface area contributed by atoms with Crippen LogP contribution in [0, 0.1) is 0 Å². The highest BCUT2D eigenvalue weighted by Crippen LogP contribution is 2.28. The Balaban J connectivity index is 1.88. The van der Waals surface area contributed by atoms with Crippen molar-refractivity contribution in [1.29, 1.82) is 0 Å². The molecule has 1 aromatic carbocycles. The Morgan fingerprint density at radius 1 is 0.930 bits per heavy atom. The third-order valence-corrected chi connectivity index (χ3v) is 6.13. The molecule has 0 aliphatic carbocycles. The van der Waals surface area contributed by atoms with Gasteiger partial charge >= 0.3 is 29.5 Å². The fourth-order valence-electron chi connectivity index (χ4n) is 4.23. The summed E-state index contributed by atoms with van der Waals surface area (Å²) in [6, 6.07) is 6.72. The normalized spacial score (nSPS) is 21.7. The van der Waals surface area contributed by atoms with E-state index < -0.39 is 66.8 Å². The molecule has 3 rings (SSSR count). The average molecular weight is 622 g/mol. The molecule has 16 heteroatoms. The third-order valence-electron chi connectivity index (χ3n) is 5.92. The van der Waals surface area contributed by atoms with Crippen molar-refractivity contribution >= 4 is 57.9 Å². The number of benzene rings is 1. The molecule has 2 heterocycles. The van der Waals surface area contributed by atoms with Crippen molar-refractivity contribution in [3.05, 3.63) is 40.2 Å². The zero-order chi connectivity index (χ0) is 31.8. The van der Waals surface area contributed by atoms with Gasteiger partial charge in [0.05, 0.1) is 18.4 Å². The van der Waals surface area contributed by atoms with Crippen LogP contribution in [0.3, 0.4) is 0 Å². The SMILES string of the molecule is COc1cccc2cc(/C(C)=N/NC(=S)N[C@@H]3O[C@H](COC(C)=O)[C@@H](OC(C)=O)[C@H](OC(C)=O)[C@H]3OC(C)=O)c(=O)oc12. The van der Waals surface area contributed by atoms with Crippen LogP contribution in [0.15, 0.2) is 38.6 Å². The smallest absolute Gasteiger partial charge is 0.345 e. The van der Waals surface area contributed by atoms with Crippen LogP contribution >= 0.6 is 12.2 Å². The number of hydrazone groups is 1. The van der Waals surface area contributed by atoms with Gasteiger partial charge < -0.3 is 38.2 Å². The van der Waals surface area contributed by atoms with Crippen LogP contribution in [0.5, 0.6) is 5.75 Å². The molecular formula is C27H31N3O12S. The lowest BCUT2D eigenvalue weighted by molar-refractivity contribution is -0.254. The van der Waals surface area contributed by atoms with E-state index in [0.29, 0.717) is 11.1 Å². The number of nitrogens with one attached hydrogen (secondary N) is 2. The number of fused-ring (bicyclic) bond motifs is 1. The van der Waals surface area contributed by atoms with Gasteiger partial charge in [-0.1, -0.05) is 12.1 Å². The number of rotatable bonds is 9. The number of hydrogen-bond acceptors (Lipinski definition) is 14. The first kappa shape index (κ1) is 32.9. The van der Waals surface area contributed by atoms with E-state index in [9.17, 15) is 24.0 Å². The highest BCUT2D eigenvalue weighted by Gasteiger charge is 2.52. The molecular weight excluding hydrogens is 590 g/mol. The number of carbonyl (C=O) groups is 4. The molecule has 0 spiro atoms. The fourth-order valence-corrected chi connectivity index (χ4v) is 4.39. The molecule has 2 N–H and O–H groups in total. The van der Waals surface area contributed by atoms with Crippen molar-refractivity contribution in [2.75, 3.05) is 13.7 Å². The number of para-hydroxylation sites is 1. The molecule has 15 nitrogen and oxygen atoms in total. The molecule has 0 saturated carbocycles. The monoisotopic (exact) mass is 621 g/mol. The van der Waals surface area contributed by atoms with E-state index in [0.717, 1.165) is 27.7 Å². The van der Waals surface area contributed by atoms with Gasteiger partial charge in [0, 0.05) is 33.1 Å². The molecule has 1 aromatic heterocycles. The minimum Gasteiger partial charge on any atom is -0.493 e. The van der Waals surface area contributed by atoms with Crippen molar-refractivity contribution < 1.29 is 52.0 Å². The summed E-state index contributed by atoms with van der Waals surface area (Å²) in [6.45, 7) is 5.64. The van der Waals surface area contributed by atoms with Gasteiger partial charge in [-0.2, -0.15) is 5.10 Å². The minimum atomic E-state index is -1.38. The Bertz CT molecular complexity index is 1490. The summed E-state index contributed by atoms with van der Waals surface area (Å²) in [5.74, 6) is -2.57. The third kappa shape index (κ3) is 8.71. The molecule has 1 aliphatic rings. The quantitative estimate of drug-likeness (QED) is 0.101. The van der Waals surface area contributed by atoms with E-state index in [-0.39, 0.29) is 22.0 Å². The first-order chi connectivity index (χ1) is 20.3. The predicted octanol–water partition coefficient (Wildman–Crippen LogP) is 1.07. The summed E-state index contributed by atoms with van der Waals surface area (Å²) in [5, 5.41) is 7.34. The van der Waals surface area contributed by atoms with Gasteiger partial charge in [0.25, 0.3) is 0 Å². The van der Waals surface area contributed by atoms with Crippen molar-refractivity contribution in [2.24, 2.45) is 5.10 Å². The van der Waals surface area contributed by atoms with Gasteiger partial charge in [-0.3, -0.25) is 24.6 Å². The zero-order valence-corrected chi connectivity index (χ0v) is 25.0. The second kappa shape index (κ2) is 14.6. The number of methoxy groups -OCH3 is 1. The summed E-state index contributed by atoms with van der Waals surface area (Å²) in [5.41, 5.74) is 2.53. The number of thiocarbonyl (C=S) groups is 1. The Hall–Kier alpha value is -4.57. The topological polar surface area (TPSA) is 190 Å². The summed E-state index contributed by atoms with van der Waals surface area (Å²) in [6.07, 6.45) is -6.57. The largest absolute Gasteiger partial charge is 0.493 e. The first-order valence-electron chi connectivity index (χ1n) is 12.8. The van der Waals surface area contributed by atoms with Crippen molar-refractivity contribution in [1.82, 2.24) is 10.7 Å². The molecule has 2 aromatic rings. The maximum atomic E-state index is 12.7. The fraction of sp³-hybridized carbons (Fsp3) is 0.444. The highest BCUT2D eigenvalue weighted by atomic mass is 32.1. The summed E-state index contributed by atoms with van der Waals surface area (Å²) in [7, 11) is 1.46. The predicted molar refractivity (Wildman–Crippen MR) is 152 cm³/mol. The molecule has 43 heavy (non-hydrogen) atoms. The van der Waals surface area contributed by atoms with Gasteiger partial charge in [-0.25, -0.2) is 4.79 Å². The lowest BCUT2D eigenvalue weighted by Gasteiger charge is -2.44. The summed E-state index contributed by atoms with van der Waals surface area (Å²) < 4.78 is 37.8. The number of hydrogen-bond donors (Lipinski definition) is 2. The molecule has 5 atom stereocenters. The van der Waals surface area contributed by atoms with E-state index in [1.165, 1.54) is 7.11 Å². The molecule has 1 saturated heterocycles. The number of esters is 4. The van der Waals surface area contributed by atoms with Crippen molar-refractivity contribution in [3.63, 3.8) is 0 Å². The number of nitrogens with zero attached hydrogens (tertiary/aromatic N) is 1. The van der Waals surface area contributed by atoms with E-state index in [2.05, 4.69) is 15.8 Å². The van der Waals surface area contributed by atoms with Gasteiger partial charge in [0.15, 0.2) is 41.0 Å². The van der Waals surface area contributed by atoms with Crippen LogP contribution in [0.2, 0.25) is 0 Å². The van der Waals surface area contributed by atoms with E-state index in [4.69, 9.17) is 45.1 Å². The van der Waals surface area contributed by atoms with E-state index >= 15 is 0 Å². The van der Waals surface area contributed by atoms with E-state index in [1.807, 2.05) is 0 Å². The number of ether oxygens (including phenoxy) is 6. The van der Waals surface area contributed by atoms with Crippen LogP contribution in [0.1, 0.15) is 40.2 Å². The Kier molecular flexibility index (Phi) is 11.1. The zero-order valence-electron chi connectivity index (χ0n) is 24.2. The molecule has 0 unspecified atom stereocenters. The second-order valence-corrected chi connectivity index (χ2v) is 9.64. The minimum absolute atomic E-state index is 0.142. The van der Waals surface area contributed by atoms with Gasteiger partial charge in [0.2, 0.25) is 0 Å². The Morgan fingerprint density at radius 3 is 2.16 bits per heavy atom. The van der Waals surface area contributed by atoms with Crippen LogP contribution < -0.4 is 21.1 Å². The molecule has 1 aliphatic heterocycles. The maximum absolute atomic E-state index is 12.7. The molecule has 0 amide bonds. The summed E-state index contributed by atoms with van der Waals surface area (Å²) >= 11 is 5.34. The molecule has 0 radical (unpaired) electrons. The van der Waals surface area contributed by atoms with Gasteiger partial charge in [-0.15, -0.1) is 0 Å². The second-order valence-electron chi connectivity index (χ2n) is 9.23. The molecule has 1 fully saturated rings.